The average Bonchev–Trinajstić information content (AvgIpc) is 3.58. The number of amides is 2. The molecule has 2 aromatic carbocycles. The molecule has 13 nitrogen and oxygen atoms in total. The topological polar surface area (TPSA) is 183 Å². The smallest absolute Gasteiger partial charge is 0.342 e. The van der Waals surface area contributed by atoms with Crippen molar-refractivity contribution in [2.24, 2.45) is 0 Å². The summed E-state index contributed by atoms with van der Waals surface area (Å²) in [5, 5.41) is 30.5. The van der Waals surface area contributed by atoms with E-state index in [2.05, 4.69) is 15.6 Å². The number of hydrogen-bond acceptors (Lipinski definition) is 12. The van der Waals surface area contributed by atoms with Crippen LogP contribution in [0.25, 0.3) is 6.08 Å². The number of rotatable bonds is 10. The quantitative estimate of drug-likeness (QED) is 0.201. The van der Waals surface area contributed by atoms with E-state index in [1.165, 1.54) is 44.9 Å². The SMILES string of the molecule is COc1cc(C(CC(=O)NCC(=O)Nc2nccs2)c2c(O)cc3c(c2O)C(=O)OC(C)CCCC(=O)CCCC=C3)cc(OC)c1OC. The second kappa shape index (κ2) is 17.3. The number of carbonyl (C=O) groups excluding carboxylic acids is 4. The lowest BCUT2D eigenvalue weighted by atomic mass is 9.84. The molecule has 262 valence electrons. The highest BCUT2D eigenvalue weighted by Gasteiger charge is 2.32. The van der Waals surface area contributed by atoms with Crippen molar-refractivity contribution in [1.82, 2.24) is 10.3 Å². The molecule has 2 heterocycles. The van der Waals surface area contributed by atoms with Gasteiger partial charge in [0.15, 0.2) is 16.6 Å². The van der Waals surface area contributed by atoms with Crippen molar-refractivity contribution in [3.05, 3.63) is 58.1 Å². The molecule has 0 bridgehead atoms. The molecule has 0 aliphatic carbocycles. The fraction of sp³-hybridized carbons (Fsp3) is 0.400. The minimum atomic E-state index is -1.09. The van der Waals surface area contributed by atoms with E-state index in [1.807, 2.05) is 0 Å². The molecule has 1 aliphatic heterocycles. The van der Waals surface area contributed by atoms with Gasteiger partial charge >= 0.3 is 5.97 Å². The number of Topliss-reactive ketones (excluding diaryl/α,β-unsaturated/α-hetero) is 1. The molecule has 1 aromatic heterocycles. The summed E-state index contributed by atoms with van der Waals surface area (Å²) in [6.07, 6.45) is 6.87. The van der Waals surface area contributed by atoms with E-state index in [1.54, 1.807) is 36.6 Å². The van der Waals surface area contributed by atoms with Gasteiger partial charge in [0.2, 0.25) is 17.6 Å². The van der Waals surface area contributed by atoms with Crippen LogP contribution >= 0.6 is 11.3 Å². The first-order valence-electron chi connectivity index (χ1n) is 15.8. The van der Waals surface area contributed by atoms with Crippen LogP contribution in [0.2, 0.25) is 0 Å². The van der Waals surface area contributed by atoms with Gasteiger partial charge in [0.1, 0.15) is 22.8 Å². The Balaban J connectivity index is 1.79. The molecule has 4 rings (SSSR count). The number of nitrogens with zero attached hydrogens (tertiary/aromatic N) is 1. The van der Waals surface area contributed by atoms with E-state index < -0.39 is 41.3 Å². The lowest BCUT2D eigenvalue weighted by Crippen LogP contribution is -2.33. The third-order valence-electron chi connectivity index (χ3n) is 8.00. The maximum absolute atomic E-state index is 13.7. The molecular weight excluding hydrogens is 654 g/mol. The number of phenols is 2. The third kappa shape index (κ3) is 9.50. The molecular formula is C35H41N3O10S. The Labute approximate surface area is 288 Å². The zero-order valence-electron chi connectivity index (χ0n) is 27.9. The van der Waals surface area contributed by atoms with Gasteiger partial charge in [0.05, 0.1) is 34.0 Å². The Kier molecular flexibility index (Phi) is 13.0. The van der Waals surface area contributed by atoms with Crippen LogP contribution in [0.4, 0.5) is 5.13 Å². The van der Waals surface area contributed by atoms with Crippen molar-refractivity contribution in [1.29, 1.82) is 0 Å². The second-order valence-electron chi connectivity index (χ2n) is 11.4. The predicted molar refractivity (Wildman–Crippen MR) is 183 cm³/mol. The van der Waals surface area contributed by atoms with E-state index in [0.717, 1.165) is 0 Å². The largest absolute Gasteiger partial charge is 0.507 e. The van der Waals surface area contributed by atoms with E-state index in [9.17, 15) is 29.4 Å². The first kappa shape index (κ1) is 36.7. The lowest BCUT2D eigenvalue weighted by molar-refractivity contribution is -0.124. The number of ketones is 1. The van der Waals surface area contributed by atoms with Crippen molar-refractivity contribution in [2.75, 3.05) is 33.2 Å². The summed E-state index contributed by atoms with van der Waals surface area (Å²) < 4.78 is 22.2. The summed E-state index contributed by atoms with van der Waals surface area (Å²) in [5.41, 5.74) is 0.251. The van der Waals surface area contributed by atoms with E-state index in [4.69, 9.17) is 18.9 Å². The van der Waals surface area contributed by atoms with E-state index in [0.29, 0.717) is 49.2 Å². The van der Waals surface area contributed by atoms with Crippen LogP contribution in [-0.4, -0.2) is 72.7 Å². The van der Waals surface area contributed by atoms with Crippen LogP contribution < -0.4 is 24.8 Å². The predicted octanol–water partition coefficient (Wildman–Crippen LogP) is 5.34. The Morgan fingerprint density at radius 2 is 1.76 bits per heavy atom. The zero-order valence-corrected chi connectivity index (χ0v) is 28.7. The first-order chi connectivity index (χ1) is 23.6. The van der Waals surface area contributed by atoms with Gasteiger partial charge in [0, 0.05) is 42.3 Å². The number of allylic oxidation sites excluding steroid dienone is 1. The van der Waals surface area contributed by atoms with Gasteiger partial charge in [0.25, 0.3) is 0 Å². The number of esters is 1. The second-order valence-corrected chi connectivity index (χ2v) is 12.3. The number of ether oxygens (including phenoxy) is 4. The van der Waals surface area contributed by atoms with E-state index >= 15 is 0 Å². The number of thiazole rings is 1. The molecule has 0 saturated heterocycles. The highest BCUT2D eigenvalue weighted by molar-refractivity contribution is 7.13. The Morgan fingerprint density at radius 3 is 2.41 bits per heavy atom. The summed E-state index contributed by atoms with van der Waals surface area (Å²) in [4.78, 5) is 55.7. The van der Waals surface area contributed by atoms with Crippen LogP contribution in [0.3, 0.4) is 0 Å². The van der Waals surface area contributed by atoms with Crippen molar-refractivity contribution in [2.45, 2.75) is 63.9 Å². The number of cyclic esters (lactones) is 1. The van der Waals surface area contributed by atoms with Gasteiger partial charge in [-0.05, 0) is 61.9 Å². The van der Waals surface area contributed by atoms with Crippen molar-refractivity contribution >= 4 is 46.1 Å². The molecule has 0 saturated carbocycles. The number of aromatic nitrogens is 1. The van der Waals surface area contributed by atoms with Crippen molar-refractivity contribution in [3.8, 4) is 28.7 Å². The van der Waals surface area contributed by atoms with Crippen LogP contribution in [-0.2, 0) is 19.1 Å². The minimum absolute atomic E-state index is 0.125. The number of aromatic hydroxyl groups is 2. The molecule has 2 atom stereocenters. The number of benzene rings is 2. The fourth-order valence-corrected chi connectivity index (χ4v) is 6.14. The van der Waals surface area contributed by atoms with Gasteiger partial charge in [-0.2, -0.15) is 0 Å². The summed E-state index contributed by atoms with van der Waals surface area (Å²) in [7, 11) is 4.28. The van der Waals surface area contributed by atoms with Crippen molar-refractivity contribution in [3.63, 3.8) is 0 Å². The van der Waals surface area contributed by atoms with Gasteiger partial charge in [-0.25, -0.2) is 9.78 Å². The van der Waals surface area contributed by atoms with Gasteiger partial charge < -0.3 is 39.8 Å². The molecule has 0 fully saturated rings. The molecule has 4 N–H and O–H groups in total. The molecule has 2 amide bonds. The Bertz CT molecular complexity index is 1660. The summed E-state index contributed by atoms with van der Waals surface area (Å²) in [5.74, 6) is -3.08. The monoisotopic (exact) mass is 695 g/mol. The number of hydrogen-bond donors (Lipinski definition) is 4. The summed E-state index contributed by atoms with van der Waals surface area (Å²) in [6.45, 7) is 1.33. The Morgan fingerprint density at radius 1 is 1.04 bits per heavy atom. The zero-order chi connectivity index (χ0) is 35.5. The number of anilines is 1. The van der Waals surface area contributed by atoms with Crippen LogP contribution in [0.1, 0.15) is 84.8 Å². The maximum atomic E-state index is 13.7. The van der Waals surface area contributed by atoms with Gasteiger partial charge in [-0.3, -0.25) is 14.4 Å². The van der Waals surface area contributed by atoms with Crippen molar-refractivity contribution < 1.29 is 48.3 Å². The van der Waals surface area contributed by atoms with Gasteiger partial charge in [-0.1, -0.05) is 12.2 Å². The average molecular weight is 696 g/mol. The first-order valence-corrected chi connectivity index (χ1v) is 16.7. The molecule has 0 radical (unpaired) electrons. The minimum Gasteiger partial charge on any atom is -0.507 e. The van der Waals surface area contributed by atoms with E-state index in [-0.39, 0.29) is 52.7 Å². The number of carbonyl (C=O) groups is 4. The summed E-state index contributed by atoms with van der Waals surface area (Å²) in [6, 6.07) is 4.47. The summed E-state index contributed by atoms with van der Waals surface area (Å²) >= 11 is 1.22. The fourth-order valence-electron chi connectivity index (χ4n) is 5.59. The number of nitrogens with one attached hydrogen (secondary N) is 2. The lowest BCUT2D eigenvalue weighted by Gasteiger charge is -2.24. The number of fused-ring (bicyclic) bond motifs is 1. The number of methoxy groups -OCH3 is 3. The van der Waals surface area contributed by atoms with Crippen LogP contribution in [0, 0.1) is 0 Å². The van der Waals surface area contributed by atoms with Gasteiger partial charge in [-0.15, -0.1) is 11.3 Å². The maximum Gasteiger partial charge on any atom is 0.342 e. The molecule has 3 aromatic rings. The molecule has 2 unspecified atom stereocenters. The molecule has 49 heavy (non-hydrogen) atoms. The standard InChI is InChI=1S/C35H41N3O10S/c1-20-9-8-12-23(39)11-7-5-6-10-21-15-25(40)31(32(43)30(21)34(44)48-20)24(22-16-26(45-2)33(47-4)27(17-22)46-3)18-28(41)37-19-29(42)38-35-36-13-14-49-35/h6,10,13-17,20,24,40,43H,5,7-9,11-12,18-19H2,1-4H3,(H,37,41)(H,36,38,42). The normalized spacial score (nSPS) is 16.0. The van der Waals surface area contributed by atoms with Crippen LogP contribution in [0.15, 0.2) is 35.9 Å². The highest BCUT2D eigenvalue weighted by Crippen LogP contribution is 2.47. The molecule has 1 aliphatic rings. The van der Waals surface area contributed by atoms with Crippen LogP contribution in [0.5, 0.6) is 28.7 Å². The third-order valence-corrected chi connectivity index (χ3v) is 8.69. The number of phenolic OH excluding ortho intramolecular Hbond substituents is 2. The highest BCUT2D eigenvalue weighted by atomic mass is 32.1. The Hall–Kier alpha value is -5.11. The molecule has 0 spiro atoms. The molecule has 14 heteroatoms.